The lowest BCUT2D eigenvalue weighted by atomic mass is 10.2. The van der Waals surface area contributed by atoms with Crippen LogP contribution in [0.25, 0.3) is 16.7 Å². The highest BCUT2D eigenvalue weighted by atomic mass is 32.2. The Morgan fingerprint density at radius 3 is 2.72 bits per heavy atom. The lowest BCUT2D eigenvalue weighted by Crippen LogP contribution is -2.15. The maximum Gasteiger partial charge on any atom is 0.262 e. The summed E-state index contributed by atoms with van der Waals surface area (Å²) in [6.07, 6.45) is 1.49. The number of fused-ring (bicyclic) bond motifs is 1. The van der Waals surface area contributed by atoms with Crippen molar-refractivity contribution < 1.29 is 14.3 Å². The van der Waals surface area contributed by atoms with Crippen LogP contribution in [-0.4, -0.2) is 45.6 Å². The molecule has 0 aliphatic carbocycles. The Hall–Kier alpha value is -3.79. The van der Waals surface area contributed by atoms with E-state index in [1.165, 1.54) is 13.3 Å². The van der Waals surface area contributed by atoms with Gasteiger partial charge in [0.2, 0.25) is 5.91 Å². The summed E-state index contributed by atoms with van der Waals surface area (Å²) in [4.78, 5) is 32.1. The molecule has 0 spiro atoms. The molecule has 4 rings (SSSR count). The van der Waals surface area contributed by atoms with Crippen LogP contribution >= 0.6 is 11.8 Å². The van der Waals surface area contributed by atoms with E-state index in [4.69, 9.17) is 9.47 Å². The Labute approximate surface area is 187 Å². The van der Waals surface area contributed by atoms with Gasteiger partial charge in [0.05, 0.1) is 31.9 Å². The van der Waals surface area contributed by atoms with E-state index < -0.39 is 0 Å². The maximum absolute atomic E-state index is 12.5. The second-order valence-corrected chi connectivity index (χ2v) is 7.87. The van der Waals surface area contributed by atoms with Gasteiger partial charge in [0.15, 0.2) is 22.3 Å². The number of aromatic nitrogens is 4. The number of anilines is 1. The van der Waals surface area contributed by atoms with Gasteiger partial charge in [-0.3, -0.25) is 9.59 Å². The molecule has 9 nitrogen and oxygen atoms in total. The third-order valence-corrected chi connectivity index (χ3v) is 5.54. The first kappa shape index (κ1) is 21.4. The first-order valence-corrected chi connectivity index (χ1v) is 10.7. The molecule has 2 aromatic carbocycles. The molecule has 32 heavy (non-hydrogen) atoms. The van der Waals surface area contributed by atoms with Crippen LogP contribution in [0, 0.1) is 6.92 Å². The van der Waals surface area contributed by atoms with Crippen molar-refractivity contribution in [3.8, 4) is 17.2 Å². The number of aromatic amines is 1. The zero-order chi connectivity index (χ0) is 22.7. The molecule has 0 radical (unpaired) electrons. The Morgan fingerprint density at radius 1 is 1.16 bits per heavy atom. The summed E-state index contributed by atoms with van der Waals surface area (Å²) in [6, 6.07) is 12.9. The van der Waals surface area contributed by atoms with E-state index in [0.717, 1.165) is 23.0 Å². The largest absolute Gasteiger partial charge is 0.493 e. The number of carbonyl (C=O) groups excluding carboxylic acids is 1. The van der Waals surface area contributed by atoms with Gasteiger partial charge in [-0.05, 0) is 36.8 Å². The molecule has 0 atom stereocenters. The molecule has 0 bridgehead atoms. The summed E-state index contributed by atoms with van der Waals surface area (Å²) < 4.78 is 12.1. The molecule has 0 fully saturated rings. The number of benzene rings is 2. The smallest absolute Gasteiger partial charge is 0.262 e. The van der Waals surface area contributed by atoms with Gasteiger partial charge >= 0.3 is 0 Å². The van der Waals surface area contributed by atoms with Gasteiger partial charge in [-0.2, -0.15) is 5.10 Å². The summed E-state index contributed by atoms with van der Waals surface area (Å²) in [5.41, 5.74) is 2.57. The number of thioether (sulfide) groups is 1. The third kappa shape index (κ3) is 4.45. The molecule has 0 aliphatic rings. The molecular weight excluding hydrogens is 430 g/mol. The van der Waals surface area contributed by atoms with Gasteiger partial charge in [0.25, 0.3) is 5.56 Å². The summed E-state index contributed by atoms with van der Waals surface area (Å²) >= 11 is 1.13. The van der Waals surface area contributed by atoms with E-state index in [1.807, 2.05) is 31.2 Å². The van der Waals surface area contributed by atoms with Crippen LogP contribution < -0.4 is 20.3 Å². The van der Waals surface area contributed by atoms with Gasteiger partial charge < -0.3 is 19.8 Å². The second kappa shape index (κ2) is 9.15. The molecule has 164 valence electrons. The Bertz CT molecular complexity index is 1350. The minimum Gasteiger partial charge on any atom is -0.493 e. The number of carbonyl (C=O) groups is 1. The van der Waals surface area contributed by atoms with Crippen LogP contribution in [0.4, 0.5) is 5.69 Å². The van der Waals surface area contributed by atoms with Crippen LogP contribution in [0.1, 0.15) is 5.56 Å². The predicted octanol–water partition coefficient (Wildman–Crippen LogP) is 3.17. The van der Waals surface area contributed by atoms with Gasteiger partial charge in [0.1, 0.15) is 5.39 Å². The average molecular weight is 452 g/mol. The minimum absolute atomic E-state index is 0.0569. The zero-order valence-electron chi connectivity index (χ0n) is 17.7. The van der Waals surface area contributed by atoms with E-state index in [9.17, 15) is 9.59 Å². The fourth-order valence-corrected chi connectivity index (χ4v) is 3.82. The lowest BCUT2D eigenvalue weighted by Gasteiger charge is -2.10. The monoisotopic (exact) mass is 451 g/mol. The van der Waals surface area contributed by atoms with Crippen LogP contribution in [-0.2, 0) is 4.79 Å². The van der Waals surface area contributed by atoms with Gasteiger partial charge in [-0.25, -0.2) is 9.67 Å². The Kier molecular flexibility index (Phi) is 6.13. The van der Waals surface area contributed by atoms with Crippen molar-refractivity contribution in [3.05, 3.63) is 64.6 Å². The number of rotatable bonds is 7. The van der Waals surface area contributed by atoms with Crippen LogP contribution in [0.2, 0.25) is 0 Å². The topological polar surface area (TPSA) is 111 Å². The van der Waals surface area contributed by atoms with Crippen molar-refractivity contribution in [3.63, 3.8) is 0 Å². The molecular formula is C22H21N5O4S. The molecule has 0 unspecified atom stereocenters. The second-order valence-electron chi connectivity index (χ2n) is 6.91. The van der Waals surface area contributed by atoms with E-state index in [0.29, 0.717) is 33.4 Å². The zero-order valence-corrected chi connectivity index (χ0v) is 18.5. The third-order valence-electron chi connectivity index (χ3n) is 4.67. The van der Waals surface area contributed by atoms with Crippen LogP contribution in [0.15, 0.2) is 58.6 Å². The normalized spacial score (nSPS) is 10.8. The SMILES string of the molecule is COc1ccc(NC(=O)CSc2nc3c(cnn3-c3cccc(C)c3)c(=O)[nH]2)cc1OC. The maximum atomic E-state index is 12.5. The lowest BCUT2D eigenvalue weighted by molar-refractivity contribution is -0.113. The van der Waals surface area contributed by atoms with E-state index in [1.54, 1.807) is 30.0 Å². The van der Waals surface area contributed by atoms with Crippen molar-refractivity contribution in [2.45, 2.75) is 12.1 Å². The van der Waals surface area contributed by atoms with Crippen molar-refractivity contribution in [2.24, 2.45) is 0 Å². The molecule has 10 heteroatoms. The van der Waals surface area contributed by atoms with E-state index in [2.05, 4.69) is 20.4 Å². The number of hydrogen-bond donors (Lipinski definition) is 2. The molecule has 2 N–H and O–H groups in total. The molecule has 0 saturated heterocycles. The summed E-state index contributed by atoms with van der Waals surface area (Å²) in [5, 5.41) is 7.82. The Morgan fingerprint density at radius 2 is 1.97 bits per heavy atom. The number of aryl methyl sites for hydroxylation is 1. The fraction of sp³-hybridized carbons (Fsp3) is 0.182. The van der Waals surface area contributed by atoms with Crippen molar-refractivity contribution >= 4 is 34.4 Å². The summed E-state index contributed by atoms with van der Waals surface area (Å²) in [6.45, 7) is 1.98. The summed E-state index contributed by atoms with van der Waals surface area (Å²) in [5.74, 6) is 0.887. The van der Waals surface area contributed by atoms with E-state index in [-0.39, 0.29) is 17.2 Å². The molecule has 4 aromatic rings. The molecule has 0 aliphatic heterocycles. The number of hydrogen-bond acceptors (Lipinski definition) is 7. The van der Waals surface area contributed by atoms with Crippen LogP contribution in [0.3, 0.4) is 0 Å². The van der Waals surface area contributed by atoms with Gasteiger partial charge in [-0.1, -0.05) is 23.9 Å². The highest BCUT2D eigenvalue weighted by Gasteiger charge is 2.14. The van der Waals surface area contributed by atoms with E-state index >= 15 is 0 Å². The Balaban J connectivity index is 1.51. The number of amides is 1. The first-order valence-electron chi connectivity index (χ1n) is 9.68. The highest BCUT2D eigenvalue weighted by Crippen LogP contribution is 2.29. The van der Waals surface area contributed by atoms with Gasteiger partial charge in [0, 0.05) is 11.8 Å². The fourth-order valence-electron chi connectivity index (χ4n) is 3.16. The van der Waals surface area contributed by atoms with Crippen LogP contribution in [0.5, 0.6) is 11.5 Å². The number of nitrogens with zero attached hydrogens (tertiary/aromatic N) is 3. The van der Waals surface area contributed by atoms with Gasteiger partial charge in [-0.15, -0.1) is 0 Å². The predicted molar refractivity (Wildman–Crippen MR) is 123 cm³/mol. The summed E-state index contributed by atoms with van der Waals surface area (Å²) in [7, 11) is 3.07. The van der Waals surface area contributed by atoms with Crippen molar-refractivity contribution in [2.75, 3.05) is 25.3 Å². The number of ether oxygens (including phenoxy) is 2. The van der Waals surface area contributed by atoms with Crippen molar-refractivity contribution in [1.82, 2.24) is 19.7 Å². The number of nitrogens with one attached hydrogen (secondary N) is 2. The molecule has 0 saturated carbocycles. The quantitative estimate of drug-likeness (QED) is 0.328. The number of methoxy groups -OCH3 is 2. The standard InChI is InChI=1S/C22H21N5O4S/c1-13-5-4-6-15(9-13)27-20-16(11-23-27)21(29)26-22(25-20)32-12-19(28)24-14-7-8-17(30-2)18(10-14)31-3/h4-11H,12H2,1-3H3,(H,24,28)(H,25,26,29). The molecule has 1 amide bonds. The highest BCUT2D eigenvalue weighted by molar-refractivity contribution is 7.99. The number of H-pyrrole nitrogens is 1. The molecule has 2 aromatic heterocycles. The average Bonchev–Trinajstić information content (AvgIpc) is 3.22. The van der Waals surface area contributed by atoms with Crippen molar-refractivity contribution in [1.29, 1.82) is 0 Å². The minimum atomic E-state index is -0.309. The first-order chi connectivity index (χ1) is 15.5. The molecule has 2 heterocycles.